The summed E-state index contributed by atoms with van der Waals surface area (Å²) in [6, 6.07) is 0. The van der Waals surface area contributed by atoms with Crippen molar-refractivity contribution >= 4 is 0 Å². The van der Waals surface area contributed by atoms with Crippen molar-refractivity contribution in [2.24, 2.45) is 5.92 Å². The van der Waals surface area contributed by atoms with Gasteiger partial charge in [0.2, 0.25) is 0 Å². The van der Waals surface area contributed by atoms with Gasteiger partial charge in [-0.15, -0.1) is 0 Å². The molecule has 1 aliphatic heterocycles. The summed E-state index contributed by atoms with van der Waals surface area (Å²) in [4.78, 5) is 0. The van der Waals surface area contributed by atoms with Crippen molar-refractivity contribution in [1.82, 2.24) is 5.32 Å². The third-order valence-corrected chi connectivity index (χ3v) is 2.04. The van der Waals surface area contributed by atoms with Gasteiger partial charge in [-0.1, -0.05) is 0 Å². The number of hydrogen-bond donors (Lipinski definition) is 2. The lowest BCUT2D eigenvalue weighted by atomic mass is 10.1. The van der Waals surface area contributed by atoms with Crippen LogP contribution in [0.25, 0.3) is 0 Å². The van der Waals surface area contributed by atoms with E-state index < -0.39 is 0 Å². The number of hydrogen-bond acceptors (Lipinski definition) is 3. The highest BCUT2D eigenvalue weighted by Crippen LogP contribution is 2.14. The third-order valence-electron chi connectivity index (χ3n) is 2.04. The Morgan fingerprint density at radius 1 is 1.45 bits per heavy atom. The minimum atomic E-state index is 0.237. The molecular formula is C8H17NO2. The van der Waals surface area contributed by atoms with Gasteiger partial charge in [0.15, 0.2) is 0 Å². The molecule has 11 heavy (non-hydrogen) atoms. The van der Waals surface area contributed by atoms with Gasteiger partial charge in [-0.25, -0.2) is 0 Å². The van der Waals surface area contributed by atoms with Gasteiger partial charge in [0.05, 0.1) is 6.61 Å². The van der Waals surface area contributed by atoms with Gasteiger partial charge in [-0.05, 0) is 25.3 Å². The van der Waals surface area contributed by atoms with Crippen molar-refractivity contribution in [3.8, 4) is 0 Å². The molecule has 0 aromatic rings. The lowest BCUT2D eigenvalue weighted by Gasteiger charge is -2.06. The maximum Gasteiger partial charge on any atom is 0.0555 e. The van der Waals surface area contributed by atoms with Crippen molar-refractivity contribution in [1.29, 1.82) is 0 Å². The molecule has 3 nitrogen and oxygen atoms in total. The molecule has 0 amide bonds. The molecule has 1 aliphatic rings. The standard InChI is InChI=1S/C8H17NO2/c10-5-4-9-3-1-8-2-6-11-7-8/h8-10H,1-7H2. The molecule has 2 N–H and O–H groups in total. The van der Waals surface area contributed by atoms with Crippen LogP contribution in [-0.2, 0) is 4.74 Å². The second-order valence-electron chi connectivity index (χ2n) is 2.99. The van der Waals surface area contributed by atoms with E-state index in [1.165, 1.54) is 12.8 Å². The van der Waals surface area contributed by atoms with Gasteiger partial charge in [0, 0.05) is 19.8 Å². The van der Waals surface area contributed by atoms with Crippen molar-refractivity contribution < 1.29 is 9.84 Å². The Labute approximate surface area is 67.7 Å². The van der Waals surface area contributed by atoms with Crippen LogP contribution in [0.15, 0.2) is 0 Å². The van der Waals surface area contributed by atoms with Gasteiger partial charge in [-0.3, -0.25) is 0 Å². The van der Waals surface area contributed by atoms with Crippen molar-refractivity contribution in [2.75, 3.05) is 32.9 Å². The van der Waals surface area contributed by atoms with Crippen LogP contribution >= 0.6 is 0 Å². The largest absolute Gasteiger partial charge is 0.395 e. The minimum Gasteiger partial charge on any atom is -0.395 e. The zero-order valence-corrected chi connectivity index (χ0v) is 6.88. The molecule has 0 aliphatic carbocycles. The van der Waals surface area contributed by atoms with Crippen molar-refractivity contribution in [3.63, 3.8) is 0 Å². The molecular weight excluding hydrogens is 142 g/mol. The lowest BCUT2D eigenvalue weighted by molar-refractivity contribution is 0.184. The summed E-state index contributed by atoms with van der Waals surface area (Å²) in [5.41, 5.74) is 0. The molecule has 1 saturated heterocycles. The maximum absolute atomic E-state index is 8.47. The molecule has 1 fully saturated rings. The molecule has 1 atom stereocenters. The van der Waals surface area contributed by atoms with E-state index in [0.29, 0.717) is 6.54 Å². The summed E-state index contributed by atoms with van der Waals surface area (Å²) in [6.45, 7) is 3.83. The predicted molar refractivity (Wildman–Crippen MR) is 43.5 cm³/mol. The minimum absolute atomic E-state index is 0.237. The number of ether oxygens (including phenoxy) is 1. The van der Waals surface area contributed by atoms with Crippen LogP contribution < -0.4 is 5.32 Å². The van der Waals surface area contributed by atoms with Gasteiger partial charge in [0.25, 0.3) is 0 Å². The van der Waals surface area contributed by atoms with Gasteiger partial charge < -0.3 is 15.2 Å². The molecule has 1 unspecified atom stereocenters. The monoisotopic (exact) mass is 159 g/mol. The van der Waals surface area contributed by atoms with E-state index in [-0.39, 0.29) is 6.61 Å². The third kappa shape index (κ3) is 3.70. The molecule has 0 aromatic heterocycles. The molecule has 0 spiro atoms. The Bertz CT molecular complexity index is 92.1. The van der Waals surface area contributed by atoms with Crippen LogP contribution in [0.1, 0.15) is 12.8 Å². The zero-order chi connectivity index (χ0) is 7.94. The smallest absolute Gasteiger partial charge is 0.0555 e. The Balaban J connectivity index is 1.86. The first-order chi connectivity index (χ1) is 5.43. The molecule has 1 heterocycles. The molecule has 0 bridgehead atoms. The van der Waals surface area contributed by atoms with Crippen LogP contribution in [0, 0.1) is 5.92 Å². The number of nitrogens with one attached hydrogen (secondary N) is 1. The van der Waals surface area contributed by atoms with Gasteiger partial charge >= 0.3 is 0 Å². The average Bonchev–Trinajstić information content (AvgIpc) is 2.50. The number of aliphatic hydroxyl groups excluding tert-OH is 1. The van der Waals surface area contributed by atoms with Gasteiger partial charge in [-0.2, -0.15) is 0 Å². The van der Waals surface area contributed by atoms with Crippen LogP contribution in [0.3, 0.4) is 0 Å². The quantitative estimate of drug-likeness (QED) is 0.555. The van der Waals surface area contributed by atoms with E-state index in [4.69, 9.17) is 9.84 Å². The Morgan fingerprint density at radius 2 is 2.36 bits per heavy atom. The van der Waals surface area contributed by atoms with Crippen molar-refractivity contribution in [2.45, 2.75) is 12.8 Å². The summed E-state index contributed by atoms with van der Waals surface area (Å²) < 4.78 is 5.24. The van der Waals surface area contributed by atoms with Crippen LogP contribution in [0.4, 0.5) is 0 Å². The molecule has 0 aromatic carbocycles. The topological polar surface area (TPSA) is 41.5 Å². The Kier molecular flexibility index (Phi) is 4.50. The molecule has 66 valence electrons. The summed E-state index contributed by atoms with van der Waals surface area (Å²) in [5.74, 6) is 0.751. The highest BCUT2D eigenvalue weighted by molar-refractivity contribution is 4.64. The van der Waals surface area contributed by atoms with E-state index in [0.717, 1.165) is 25.7 Å². The normalized spacial score (nSPS) is 24.3. The zero-order valence-electron chi connectivity index (χ0n) is 6.88. The van der Waals surface area contributed by atoms with E-state index in [1.807, 2.05) is 0 Å². The van der Waals surface area contributed by atoms with Gasteiger partial charge in [0.1, 0.15) is 0 Å². The first kappa shape index (κ1) is 8.97. The van der Waals surface area contributed by atoms with Crippen LogP contribution in [-0.4, -0.2) is 38.0 Å². The molecule has 3 heteroatoms. The fourth-order valence-electron chi connectivity index (χ4n) is 1.32. The SMILES string of the molecule is OCCNCCC1CCOC1. The number of rotatable bonds is 5. The highest BCUT2D eigenvalue weighted by Gasteiger charge is 2.14. The van der Waals surface area contributed by atoms with E-state index in [9.17, 15) is 0 Å². The Hall–Kier alpha value is -0.120. The first-order valence-electron chi connectivity index (χ1n) is 4.33. The first-order valence-corrected chi connectivity index (χ1v) is 4.33. The highest BCUT2D eigenvalue weighted by atomic mass is 16.5. The van der Waals surface area contributed by atoms with E-state index in [2.05, 4.69) is 5.32 Å². The second-order valence-corrected chi connectivity index (χ2v) is 2.99. The fraction of sp³-hybridized carbons (Fsp3) is 1.00. The fourth-order valence-corrected chi connectivity index (χ4v) is 1.32. The summed E-state index contributed by atoms with van der Waals surface area (Å²) in [6.07, 6.45) is 2.39. The molecule has 1 rings (SSSR count). The molecule has 0 saturated carbocycles. The van der Waals surface area contributed by atoms with E-state index in [1.54, 1.807) is 0 Å². The number of aliphatic hydroxyl groups is 1. The molecule has 0 radical (unpaired) electrons. The second kappa shape index (κ2) is 5.52. The average molecular weight is 159 g/mol. The summed E-state index contributed by atoms with van der Waals surface area (Å²) in [5, 5.41) is 11.6. The van der Waals surface area contributed by atoms with E-state index >= 15 is 0 Å². The van der Waals surface area contributed by atoms with Crippen LogP contribution in [0.5, 0.6) is 0 Å². The maximum atomic E-state index is 8.47. The summed E-state index contributed by atoms with van der Waals surface area (Å²) in [7, 11) is 0. The lowest BCUT2D eigenvalue weighted by Crippen LogP contribution is -2.21. The van der Waals surface area contributed by atoms with Crippen LogP contribution in [0.2, 0.25) is 0 Å². The Morgan fingerprint density at radius 3 is 3.00 bits per heavy atom. The predicted octanol–water partition coefficient (Wildman–Crippen LogP) is -0.00510. The van der Waals surface area contributed by atoms with Crippen molar-refractivity contribution in [3.05, 3.63) is 0 Å². The summed E-state index contributed by atoms with van der Waals surface area (Å²) >= 11 is 0.